The molecule has 0 unspecified atom stereocenters. The molecule has 1 fully saturated rings. The third-order valence-electron chi connectivity index (χ3n) is 7.78. The fraction of sp³-hybridized carbons (Fsp3) is 0.806. The van der Waals surface area contributed by atoms with Crippen LogP contribution in [0.1, 0.15) is 136 Å². The fourth-order valence-electron chi connectivity index (χ4n) is 5.41. The molecule has 10 heteroatoms. The third-order valence-corrected chi connectivity index (χ3v) is 7.78. The van der Waals surface area contributed by atoms with Gasteiger partial charge in [-0.2, -0.15) is 4.98 Å². The lowest BCUT2D eigenvalue weighted by Gasteiger charge is -2.22. The van der Waals surface area contributed by atoms with E-state index in [9.17, 15) is 9.59 Å². The van der Waals surface area contributed by atoms with E-state index >= 15 is 0 Å². The van der Waals surface area contributed by atoms with E-state index in [-0.39, 0.29) is 42.5 Å². The van der Waals surface area contributed by atoms with E-state index in [0.29, 0.717) is 12.8 Å². The van der Waals surface area contributed by atoms with Crippen LogP contribution in [0, 0.1) is 5.41 Å². The van der Waals surface area contributed by atoms with Gasteiger partial charge in [-0.25, -0.2) is 0 Å². The highest BCUT2D eigenvalue weighted by atomic mass is 35.5. The zero-order chi connectivity index (χ0) is 28.6. The Labute approximate surface area is 252 Å². The number of fused-ring (bicyclic) bond motifs is 3. The summed E-state index contributed by atoms with van der Waals surface area (Å²) in [6.07, 6.45) is 18.4. The van der Waals surface area contributed by atoms with Crippen LogP contribution in [0.2, 0.25) is 0 Å². The first-order chi connectivity index (χ1) is 19.5. The summed E-state index contributed by atoms with van der Waals surface area (Å²) >= 11 is 0. The van der Waals surface area contributed by atoms with E-state index in [0.717, 1.165) is 38.5 Å². The summed E-state index contributed by atoms with van der Waals surface area (Å²) in [7, 11) is 0. The van der Waals surface area contributed by atoms with Crippen LogP contribution in [0.15, 0.2) is 12.3 Å². The molecule has 3 heterocycles. The van der Waals surface area contributed by atoms with Crippen LogP contribution in [0.4, 0.5) is 0 Å². The van der Waals surface area contributed by atoms with E-state index in [1.165, 1.54) is 64.2 Å². The van der Waals surface area contributed by atoms with Crippen LogP contribution in [0.3, 0.4) is 0 Å². The first-order valence-electron chi connectivity index (χ1n) is 15.8. The third kappa shape index (κ3) is 11.9. The summed E-state index contributed by atoms with van der Waals surface area (Å²) in [5.74, 6) is -0.556. The predicted octanol–water partition coefficient (Wildman–Crippen LogP) is 6.96. The van der Waals surface area contributed by atoms with E-state index in [4.69, 9.17) is 24.4 Å². The zero-order valence-electron chi connectivity index (χ0n) is 25.2. The van der Waals surface area contributed by atoms with Gasteiger partial charge in [-0.1, -0.05) is 104 Å². The van der Waals surface area contributed by atoms with Crippen molar-refractivity contribution in [2.24, 2.45) is 0 Å². The topological polar surface area (TPSA) is 113 Å². The molecule has 41 heavy (non-hydrogen) atoms. The molecule has 2 aliphatic rings. The minimum Gasteiger partial charge on any atom is -0.463 e. The van der Waals surface area contributed by atoms with E-state index in [1.807, 2.05) is 0 Å². The lowest BCUT2D eigenvalue weighted by atomic mass is 10.1. The van der Waals surface area contributed by atoms with Crippen molar-refractivity contribution in [2.75, 3.05) is 6.61 Å². The summed E-state index contributed by atoms with van der Waals surface area (Å²) in [5.41, 5.74) is 0.0842. The highest BCUT2D eigenvalue weighted by Crippen LogP contribution is 2.40. The molecule has 0 aliphatic carbocycles. The molecule has 0 amide bonds. The molecule has 9 nitrogen and oxygen atoms in total. The number of hydrogen-bond donors (Lipinski definition) is 1. The molecule has 1 aromatic heterocycles. The van der Waals surface area contributed by atoms with Crippen LogP contribution in [0.5, 0.6) is 6.01 Å². The quantitative estimate of drug-likeness (QED) is 0.120. The molecular weight excluding hydrogens is 546 g/mol. The summed E-state index contributed by atoms with van der Waals surface area (Å²) < 4.78 is 25.3. The molecule has 0 aromatic carbocycles. The van der Waals surface area contributed by atoms with Crippen LogP contribution in [-0.4, -0.2) is 46.4 Å². The Bertz CT molecular complexity index is 958. The largest absolute Gasteiger partial charge is 0.463 e. The maximum absolute atomic E-state index is 12.8. The van der Waals surface area contributed by atoms with Gasteiger partial charge in [0.05, 0.1) is 0 Å². The highest BCUT2D eigenvalue weighted by molar-refractivity contribution is 5.85. The number of nitrogens with one attached hydrogen (secondary N) is 1. The first-order valence-corrected chi connectivity index (χ1v) is 15.8. The Morgan fingerprint density at radius 1 is 0.854 bits per heavy atom. The highest BCUT2D eigenvalue weighted by Gasteiger charge is 2.54. The van der Waals surface area contributed by atoms with Gasteiger partial charge in [0.15, 0.2) is 23.9 Å². The number of nitrogens with zero attached hydrogens (tertiary/aromatic N) is 2. The molecule has 0 spiro atoms. The number of esters is 2. The molecule has 3 rings (SSSR count). The van der Waals surface area contributed by atoms with Crippen LogP contribution < -0.4 is 10.2 Å². The monoisotopic (exact) mass is 597 g/mol. The Morgan fingerprint density at radius 2 is 1.39 bits per heavy atom. The molecule has 1 N–H and O–H groups in total. The minimum absolute atomic E-state index is 0. The van der Waals surface area contributed by atoms with E-state index < -0.39 is 24.5 Å². The number of aromatic nitrogens is 2. The second kappa shape index (κ2) is 19.9. The standard InChI is InChI=1S/C31H51N3O6.ClH/c1-3-5-7-9-11-13-15-17-19-26(35)37-23-24-28(39-27(36)20-18-16-14-12-10-8-6-4-2)29-30(38-24)34-22-21-25(32)33-31(34)40-29;/h21-22,24,28-30,32H,3-20,23H2,1-2H3;1H/t24-,28-,29+,30-;/m1./s1. The molecule has 4 atom stereocenters. The molecule has 2 aliphatic heterocycles. The second-order valence-electron chi connectivity index (χ2n) is 11.2. The first kappa shape index (κ1) is 35.1. The van der Waals surface area contributed by atoms with Crippen molar-refractivity contribution in [2.45, 2.75) is 154 Å². The summed E-state index contributed by atoms with van der Waals surface area (Å²) in [4.78, 5) is 29.3. The number of unbranched alkanes of at least 4 members (excludes halogenated alkanes) is 14. The average molecular weight is 598 g/mol. The molecule has 234 valence electrons. The SMILES string of the molecule is CCCCCCCCCCC(=O)OC[C@H]1O[C@@H]2[C@@H](Oc3nc(=N)ccn32)[C@@H]1OC(=O)CCCCCCCCCC.Cl. The van der Waals surface area contributed by atoms with Crippen molar-refractivity contribution in [1.29, 1.82) is 5.41 Å². The Morgan fingerprint density at radius 3 is 1.98 bits per heavy atom. The molecule has 0 radical (unpaired) electrons. The molecule has 1 aromatic rings. The summed E-state index contributed by atoms with van der Waals surface area (Å²) in [6.45, 7) is 4.43. The molecular formula is C31H52ClN3O6. The van der Waals surface area contributed by atoms with Crippen molar-refractivity contribution in [1.82, 2.24) is 9.55 Å². The van der Waals surface area contributed by atoms with Crippen LogP contribution in [0.25, 0.3) is 0 Å². The Kier molecular flexibility index (Phi) is 17.0. The number of carbonyl (C=O) groups excluding carboxylic acids is 2. The Balaban J connectivity index is 0.00000588. The lowest BCUT2D eigenvalue weighted by Crippen LogP contribution is -2.40. The average Bonchev–Trinajstić information content (AvgIpc) is 3.45. The number of ether oxygens (including phenoxy) is 4. The van der Waals surface area contributed by atoms with Crippen molar-refractivity contribution < 1.29 is 28.5 Å². The second-order valence-corrected chi connectivity index (χ2v) is 11.2. The number of rotatable bonds is 21. The lowest BCUT2D eigenvalue weighted by molar-refractivity contribution is -0.160. The van der Waals surface area contributed by atoms with Gasteiger partial charge in [0, 0.05) is 19.0 Å². The molecule has 1 saturated heterocycles. The maximum atomic E-state index is 12.8. The van der Waals surface area contributed by atoms with Gasteiger partial charge < -0.3 is 18.9 Å². The zero-order valence-corrected chi connectivity index (χ0v) is 26.0. The van der Waals surface area contributed by atoms with Gasteiger partial charge in [0.1, 0.15) is 12.7 Å². The van der Waals surface area contributed by atoms with Crippen molar-refractivity contribution in [3.63, 3.8) is 0 Å². The van der Waals surface area contributed by atoms with Crippen molar-refractivity contribution >= 4 is 24.3 Å². The maximum Gasteiger partial charge on any atom is 0.306 e. The minimum atomic E-state index is -0.724. The van der Waals surface area contributed by atoms with Crippen molar-refractivity contribution in [3.05, 3.63) is 17.8 Å². The molecule has 0 saturated carbocycles. The number of carbonyl (C=O) groups is 2. The van der Waals surface area contributed by atoms with E-state index in [1.54, 1.807) is 16.8 Å². The summed E-state index contributed by atoms with van der Waals surface area (Å²) in [6, 6.07) is 1.82. The van der Waals surface area contributed by atoms with Gasteiger partial charge in [0.2, 0.25) is 0 Å². The van der Waals surface area contributed by atoms with Gasteiger partial charge in [-0.3, -0.25) is 19.6 Å². The normalized spacial score (nSPS) is 20.5. The van der Waals surface area contributed by atoms with Gasteiger partial charge in [-0.15, -0.1) is 12.4 Å². The van der Waals surface area contributed by atoms with Crippen LogP contribution in [-0.2, 0) is 23.8 Å². The van der Waals surface area contributed by atoms with Gasteiger partial charge >= 0.3 is 17.9 Å². The van der Waals surface area contributed by atoms with Gasteiger partial charge in [0.25, 0.3) is 0 Å². The molecule has 0 bridgehead atoms. The summed E-state index contributed by atoms with van der Waals surface area (Å²) in [5, 5.41) is 7.78. The Hall–Kier alpha value is -2.13. The van der Waals surface area contributed by atoms with Crippen LogP contribution >= 0.6 is 12.4 Å². The smallest absolute Gasteiger partial charge is 0.306 e. The van der Waals surface area contributed by atoms with E-state index in [2.05, 4.69) is 18.8 Å². The fourth-order valence-corrected chi connectivity index (χ4v) is 5.41. The van der Waals surface area contributed by atoms with Gasteiger partial charge in [-0.05, 0) is 18.9 Å². The number of hydrogen-bond acceptors (Lipinski definition) is 8. The number of halogens is 1. The van der Waals surface area contributed by atoms with Crippen molar-refractivity contribution in [3.8, 4) is 6.01 Å². The predicted molar refractivity (Wildman–Crippen MR) is 159 cm³/mol.